The Morgan fingerprint density at radius 2 is 2.06 bits per heavy atom. The molecular weight excluding hydrogens is 446 g/mol. The smallest absolute Gasteiger partial charge is 0.421 e. The largest absolute Gasteiger partial charge is 0.495 e. The number of benzene rings is 1. The van der Waals surface area contributed by atoms with Gasteiger partial charge in [0.15, 0.2) is 0 Å². The zero-order valence-corrected chi connectivity index (χ0v) is 18.4. The summed E-state index contributed by atoms with van der Waals surface area (Å²) in [6.45, 7) is 2.67. The molecule has 180 valence electrons. The summed E-state index contributed by atoms with van der Waals surface area (Å²) >= 11 is 0. The Hall–Kier alpha value is -3.15. The average molecular weight is 471 g/mol. The van der Waals surface area contributed by atoms with Crippen LogP contribution < -0.4 is 15.4 Å². The molecular formula is C21H25F4N5O3. The summed E-state index contributed by atoms with van der Waals surface area (Å²) in [5, 5.41) is 5.21. The van der Waals surface area contributed by atoms with Gasteiger partial charge in [0.25, 0.3) is 5.91 Å². The van der Waals surface area contributed by atoms with E-state index in [0.717, 1.165) is 18.9 Å². The molecule has 1 aromatic carbocycles. The van der Waals surface area contributed by atoms with Gasteiger partial charge >= 0.3 is 6.18 Å². The highest BCUT2D eigenvalue weighted by Crippen LogP contribution is 2.35. The number of halogens is 4. The summed E-state index contributed by atoms with van der Waals surface area (Å²) in [5.74, 6) is -1.81. The zero-order valence-electron chi connectivity index (χ0n) is 18.4. The van der Waals surface area contributed by atoms with Crippen molar-refractivity contribution < 1.29 is 31.8 Å². The molecule has 1 saturated heterocycles. The Morgan fingerprint density at radius 1 is 1.30 bits per heavy atom. The molecule has 0 unspecified atom stereocenters. The van der Waals surface area contributed by atoms with E-state index in [1.165, 1.54) is 20.3 Å². The van der Waals surface area contributed by atoms with Crippen LogP contribution >= 0.6 is 0 Å². The van der Waals surface area contributed by atoms with E-state index in [1.807, 2.05) is 0 Å². The predicted molar refractivity (Wildman–Crippen MR) is 113 cm³/mol. The van der Waals surface area contributed by atoms with Gasteiger partial charge in [0, 0.05) is 32.5 Å². The van der Waals surface area contributed by atoms with Crippen molar-refractivity contribution >= 4 is 23.4 Å². The van der Waals surface area contributed by atoms with Gasteiger partial charge < -0.3 is 25.0 Å². The first kappa shape index (κ1) is 24.5. The minimum absolute atomic E-state index is 0.0589. The third-order valence-electron chi connectivity index (χ3n) is 5.20. The molecule has 2 aromatic rings. The highest BCUT2D eigenvalue weighted by atomic mass is 19.4. The van der Waals surface area contributed by atoms with E-state index in [4.69, 9.17) is 9.47 Å². The maximum atomic E-state index is 14.9. The topological polar surface area (TPSA) is 88.6 Å². The second-order valence-corrected chi connectivity index (χ2v) is 7.39. The summed E-state index contributed by atoms with van der Waals surface area (Å²) in [6, 6.07) is 2.13. The van der Waals surface area contributed by atoms with Gasteiger partial charge in [-0.05, 0) is 25.8 Å². The van der Waals surface area contributed by atoms with Crippen molar-refractivity contribution in [2.24, 2.45) is 0 Å². The van der Waals surface area contributed by atoms with Crippen LogP contribution in [0.4, 0.5) is 35.0 Å². The molecule has 0 radical (unpaired) electrons. The average Bonchev–Trinajstić information content (AvgIpc) is 3.21. The molecule has 1 fully saturated rings. The lowest BCUT2D eigenvalue weighted by Crippen LogP contribution is -2.38. The molecule has 0 saturated carbocycles. The molecule has 33 heavy (non-hydrogen) atoms. The molecule has 1 aromatic heterocycles. The number of methoxy groups -OCH3 is 2. The fourth-order valence-corrected chi connectivity index (χ4v) is 3.68. The third-order valence-corrected chi connectivity index (χ3v) is 5.20. The monoisotopic (exact) mass is 471 g/mol. The normalized spacial score (nSPS) is 16.1. The molecule has 2 N–H and O–H groups in total. The maximum Gasteiger partial charge on any atom is 0.421 e. The number of amides is 1. The lowest BCUT2D eigenvalue weighted by molar-refractivity contribution is -0.137. The van der Waals surface area contributed by atoms with Crippen molar-refractivity contribution in [1.29, 1.82) is 0 Å². The number of anilines is 3. The molecule has 0 aliphatic carbocycles. The first-order chi connectivity index (χ1) is 15.7. The second kappa shape index (κ2) is 10.2. The predicted octanol–water partition coefficient (Wildman–Crippen LogP) is 4.07. The second-order valence-electron chi connectivity index (χ2n) is 7.39. The highest BCUT2D eigenvalue weighted by molar-refractivity contribution is 5.96. The summed E-state index contributed by atoms with van der Waals surface area (Å²) < 4.78 is 64.9. The van der Waals surface area contributed by atoms with E-state index in [9.17, 15) is 22.4 Å². The first-order valence-corrected chi connectivity index (χ1v) is 10.3. The van der Waals surface area contributed by atoms with Crippen LogP contribution in [0.5, 0.6) is 5.75 Å². The van der Waals surface area contributed by atoms with Gasteiger partial charge in [0.2, 0.25) is 5.95 Å². The standard InChI is InChI=1S/C21H25F4N5O3/c1-4-26-18-14(21(23,24)25)10-27-20(29-18)28-16-9-15(22)13(8-17(16)33-3)19(31)30-7-5-6-12(30)11-32-2/h8-10,12H,4-7,11H2,1-3H3,(H2,26,27,28,29)/t12-/m0/s1. The van der Waals surface area contributed by atoms with Crippen molar-refractivity contribution in [2.45, 2.75) is 32.0 Å². The molecule has 8 nitrogen and oxygen atoms in total. The zero-order chi connectivity index (χ0) is 24.2. The van der Waals surface area contributed by atoms with Crippen LogP contribution in [0.3, 0.4) is 0 Å². The van der Waals surface area contributed by atoms with Crippen molar-refractivity contribution in [1.82, 2.24) is 14.9 Å². The van der Waals surface area contributed by atoms with Crippen LogP contribution in [-0.4, -0.2) is 60.7 Å². The third kappa shape index (κ3) is 5.44. The van der Waals surface area contributed by atoms with E-state index >= 15 is 0 Å². The number of hydrogen-bond donors (Lipinski definition) is 2. The number of rotatable bonds is 8. The molecule has 1 amide bonds. The number of nitrogens with one attached hydrogen (secondary N) is 2. The minimum atomic E-state index is -4.64. The van der Waals surface area contributed by atoms with E-state index in [-0.39, 0.29) is 35.5 Å². The number of ether oxygens (including phenoxy) is 2. The van der Waals surface area contributed by atoms with Crippen LogP contribution in [0.1, 0.15) is 35.7 Å². The molecule has 1 aliphatic heterocycles. The van der Waals surface area contributed by atoms with E-state index < -0.39 is 29.3 Å². The highest BCUT2D eigenvalue weighted by Gasteiger charge is 2.35. The maximum absolute atomic E-state index is 14.9. The van der Waals surface area contributed by atoms with Crippen molar-refractivity contribution in [3.63, 3.8) is 0 Å². The Labute approximate surface area is 188 Å². The van der Waals surface area contributed by atoms with Gasteiger partial charge in [-0.25, -0.2) is 9.37 Å². The Bertz CT molecular complexity index is 1000. The lowest BCUT2D eigenvalue weighted by Gasteiger charge is -2.25. The molecule has 2 heterocycles. The Kier molecular flexibility index (Phi) is 7.57. The summed E-state index contributed by atoms with van der Waals surface area (Å²) in [5.41, 5.74) is -1.14. The fraction of sp³-hybridized carbons (Fsp3) is 0.476. The lowest BCUT2D eigenvalue weighted by atomic mass is 10.1. The number of alkyl halides is 3. The molecule has 1 aliphatic rings. The number of nitrogens with zero attached hydrogens (tertiary/aromatic N) is 3. The Balaban J connectivity index is 1.90. The van der Waals surface area contributed by atoms with Crippen LogP contribution in [-0.2, 0) is 10.9 Å². The summed E-state index contributed by atoms with van der Waals surface area (Å²) in [7, 11) is 2.86. The van der Waals surface area contributed by atoms with Crippen LogP contribution in [0.25, 0.3) is 0 Å². The van der Waals surface area contributed by atoms with Gasteiger partial charge in [-0.1, -0.05) is 0 Å². The molecule has 3 rings (SSSR count). The number of likely N-dealkylation sites (tertiary alicyclic amines) is 1. The fourth-order valence-electron chi connectivity index (χ4n) is 3.68. The van der Waals surface area contributed by atoms with E-state index in [0.29, 0.717) is 19.3 Å². The number of hydrogen-bond acceptors (Lipinski definition) is 7. The quantitative estimate of drug-likeness (QED) is 0.561. The van der Waals surface area contributed by atoms with E-state index in [1.54, 1.807) is 11.8 Å². The minimum Gasteiger partial charge on any atom is -0.495 e. The molecule has 12 heteroatoms. The van der Waals surface area contributed by atoms with Gasteiger partial charge in [0.05, 0.1) is 31.0 Å². The van der Waals surface area contributed by atoms with Crippen LogP contribution in [0.15, 0.2) is 18.3 Å². The molecule has 0 bridgehead atoms. The van der Waals surface area contributed by atoms with Crippen molar-refractivity contribution in [3.05, 3.63) is 35.3 Å². The number of carbonyl (C=O) groups excluding carboxylic acids is 1. The number of carbonyl (C=O) groups is 1. The van der Waals surface area contributed by atoms with Crippen LogP contribution in [0, 0.1) is 5.82 Å². The Morgan fingerprint density at radius 3 is 2.70 bits per heavy atom. The van der Waals surface area contributed by atoms with Gasteiger partial charge in [-0.2, -0.15) is 18.2 Å². The van der Waals surface area contributed by atoms with Gasteiger partial charge in [0.1, 0.15) is 22.9 Å². The van der Waals surface area contributed by atoms with Crippen molar-refractivity contribution in [3.8, 4) is 5.75 Å². The summed E-state index contributed by atoms with van der Waals surface area (Å²) in [4.78, 5) is 22.1. The molecule has 0 spiro atoms. The SMILES string of the molecule is CCNc1nc(Nc2cc(F)c(C(=O)N3CCC[C@H]3COC)cc2OC)ncc1C(F)(F)F. The van der Waals surface area contributed by atoms with E-state index in [2.05, 4.69) is 20.6 Å². The first-order valence-electron chi connectivity index (χ1n) is 10.3. The number of aromatic nitrogens is 2. The molecule has 1 atom stereocenters. The van der Waals surface area contributed by atoms with Crippen molar-refractivity contribution in [2.75, 3.05) is 44.5 Å². The van der Waals surface area contributed by atoms with Gasteiger partial charge in [-0.15, -0.1) is 0 Å². The van der Waals surface area contributed by atoms with Crippen LogP contribution in [0.2, 0.25) is 0 Å². The summed E-state index contributed by atoms with van der Waals surface area (Å²) in [6.07, 6.45) is -2.45. The van der Waals surface area contributed by atoms with Gasteiger partial charge in [-0.3, -0.25) is 4.79 Å².